The second-order valence-corrected chi connectivity index (χ2v) is 18.8. The van der Waals surface area contributed by atoms with Gasteiger partial charge in [-0.1, -0.05) is 58.1 Å². The third kappa shape index (κ3) is 10.8. The summed E-state index contributed by atoms with van der Waals surface area (Å²) in [4.78, 5) is 21.3. The molecule has 0 unspecified atom stereocenters. The largest absolute Gasteiger partial charge is 0.373 e. The topological polar surface area (TPSA) is 169 Å². The molecule has 2 aliphatic rings. The number of allylic oxidation sites excluding steroid dienone is 6. The molecule has 12 nitrogen and oxygen atoms in total. The number of amides is 1. The number of fused-ring (bicyclic) bond motifs is 2. The van der Waals surface area contributed by atoms with Crippen molar-refractivity contribution in [3.05, 3.63) is 113 Å². The van der Waals surface area contributed by atoms with Gasteiger partial charge in [-0.3, -0.25) is 18.9 Å². The zero-order valence-electron chi connectivity index (χ0n) is 33.7. The molecular formula is C43H54ClN5O7S2. The third-order valence-electron chi connectivity index (χ3n) is 10.7. The lowest BCUT2D eigenvalue weighted by molar-refractivity contribution is -0.121. The number of carbonyl (C=O) groups excluding carboxylic acids is 1. The van der Waals surface area contributed by atoms with Gasteiger partial charge in [0, 0.05) is 73.4 Å². The van der Waals surface area contributed by atoms with E-state index in [2.05, 4.69) is 49.7 Å². The first kappa shape index (κ1) is 44.8. The summed E-state index contributed by atoms with van der Waals surface area (Å²) in [5.74, 6) is 0.578. The van der Waals surface area contributed by atoms with Crippen LogP contribution in [0.25, 0.3) is 0 Å². The number of anilines is 2. The maximum atomic E-state index is 12.7. The number of unbranched alkanes of at least 4 members (excludes halogenated alkanes) is 1. The van der Waals surface area contributed by atoms with Crippen molar-refractivity contribution in [2.75, 3.05) is 48.9 Å². The van der Waals surface area contributed by atoms with Crippen molar-refractivity contribution < 1.29 is 30.7 Å². The molecule has 0 fully saturated rings. The van der Waals surface area contributed by atoms with Crippen LogP contribution >= 0.6 is 11.6 Å². The highest BCUT2D eigenvalue weighted by atomic mass is 35.5. The molecule has 0 aromatic heterocycles. The summed E-state index contributed by atoms with van der Waals surface area (Å²) >= 11 is 5.84. The molecule has 0 bridgehead atoms. The fourth-order valence-electron chi connectivity index (χ4n) is 7.28. The second-order valence-electron chi connectivity index (χ2n) is 15.6. The van der Waals surface area contributed by atoms with Crippen LogP contribution < -0.4 is 20.4 Å². The molecule has 0 radical (unpaired) electrons. The Balaban J connectivity index is 1.16. The van der Waals surface area contributed by atoms with E-state index in [1.54, 1.807) is 12.1 Å². The minimum absolute atomic E-state index is 0.000835. The zero-order valence-corrected chi connectivity index (χ0v) is 36.1. The average molecular weight is 853 g/mol. The number of hydrogen-bond acceptors (Lipinski definition) is 9. The zero-order chi connectivity index (χ0) is 42.3. The van der Waals surface area contributed by atoms with E-state index in [4.69, 9.17) is 11.6 Å². The first-order valence-corrected chi connectivity index (χ1v) is 22.7. The summed E-state index contributed by atoms with van der Waals surface area (Å²) in [6.07, 6.45) is 12.0. The van der Waals surface area contributed by atoms with Crippen LogP contribution in [0.15, 0.2) is 112 Å². The molecule has 0 saturated heterocycles. The number of benzene rings is 3. The van der Waals surface area contributed by atoms with Crippen LogP contribution in [0.4, 0.5) is 17.1 Å². The highest BCUT2D eigenvalue weighted by Gasteiger charge is 2.40. The SMILES string of the molecule is CN(CCCl)c1ccc(CNCCCNC(=O)CCCCN2/C(=C/C=C/C=C/C3=Nc4ccc(S(=O)(=O)O)cc4C3(C)C)C(C)(C)c3cc(S(=O)(=O)O)ccc32)cc1. The standard InChI is InChI=1S/C43H54ClN5O7S2/c1-42(2)35-28-33(57(51,52)53)19-21-37(35)47-39(42)12-7-6-8-13-40-43(3,4)36-29-34(58(54,55)56)20-22-38(36)49(40)26-10-9-14-41(50)46-25-11-24-45-30-31-15-17-32(18-16-31)48(5)27-23-44/h6-8,12-13,15-22,28-29,45H,9-11,14,23-27,30H2,1-5H3,(H,46,50)(H,51,52,53)(H,54,55,56)/b8-6+,12-7+,40-13+. The van der Waals surface area contributed by atoms with Gasteiger partial charge in [0.25, 0.3) is 20.2 Å². The van der Waals surface area contributed by atoms with Gasteiger partial charge in [-0.15, -0.1) is 11.6 Å². The van der Waals surface area contributed by atoms with Gasteiger partial charge >= 0.3 is 0 Å². The molecule has 5 rings (SSSR count). The first-order valence-electron chi connectivity index (χ1n) is 19.3. The third-order valence-corrected chi connectivity index (χ3v) is 12.6. The predicted octanol–water partition coefficient (Wildman–Crippen LogP) is 7.48. The fraction of sp³-hybridized carbons (Fsp3) is 0.395. The van der Waals surface area contributed by atoms with Gasteiger partial charge in [-0.25, -0.2) is 0 Å². The Hall–Kier alpha value is -4.31. The molecular weight excluding hydrogens is 798 g/mol. The van der Waals surface area contributed by atoms with Gasteiger partial charge < -0.3 is 20.4 Å². The van der Waals surface area contributed by atoms with Crippen LogP contribution in [0, 0.1) is 0 Å². The molecule has 0 atom stereocenters. The second kappa shape index (κ2) is 18.7. The molecule has 2 heterocycles. The number of hydrogen-bond donors (Lipinski definition) is 4. The number of rotatable bonds is 19. The summed E-state index contributed by atoms with van der Waals surface area (Å²) < 4.78 is 66.9. The Morgan fingerprint density at radius 3 is 2.19 bits per heavy atom. The fourth-order valence-corrected chi connectivity index (χ4v) is 8.55. The Morgan fingerprint density at radius 2 is 1.52 bits per heavy atom. The van der Waals surface area contributed by atoms with Crippen LogP contribution in [0.1, 0.15) is 70.1 Å². The van der Waals surface area contributed by atoms with Gasteiger partial charge in [-0.05, 0) is 103 Å². The minimum atomic E-state index is -4.41. The van der Waals surface area contributed by atoms with Crippen LogP contribution in [-0.2, 0) is 42.4 Å². The van der Waals surface area contributed by atoms with E-state index in [0.29, 0.717) is 49.5 Å². The number of nitrogens with zero attached hydrogens (tertiary/aromatic N) is 3. The van der Waals surface area contributed by atoms with Crippen molar-refractivity contribution in [3.8, 4) is 0 Å². The summed E-state index contributed by atoms with van der Waals surface area (Å²) in [5.41, 5.74) is 5.70. The van der Waals surface area contributed by atoms with Crippen molar-refractivity contribution in [3.63, 3.8) is 0 Å². The summed E-state index contributed by atoms with van der Waals surface area (Å²) in [6.45, 7) is 11.4. The van der Waals surface area contributed by atoms with E-state index in [-0.39, 0.29) is 15.7 Å². The molecule has 4 N–H and O–H groups in total. The maximum absolute atomic E-state index is 12.7. The average Bonchev–Trinajstić information content (AvgIpc) is 3.54. The molecule has 58 heavy (non-hydrogen) atoms. The lowest BCUT2D eigenvalue weighted by Gasteiger charge is -2.27. The van der Waals surface area contributed by atoms with E-state index in [1.807, 2.05) is 65.1 Å². The number of carbonyl (C=O) groups is 1. The number of aliphatic imine (C=N–C) groups is 1. The number of alkyl halides is 1. The summed E-state index contributed by atoms with van der Waals surface area (Å²) in [6, 6.07) is 17.4. The molecule has 3 aromatic rings. The molecule has 3 aromatic carbocycles. The quantitative estimate of drug-likeness (QED) is 0.0411. The Labute approximate surface area is 348 Å². The smallest absolute Gasteiger partial charge is 0.294 e. The van der Waals surface area contributed by atoms with Crippen molar-refractivity contribution >= 4 is 60.5 Å². The van der Waals surface area contributed by atoms with E-state index >= 15 is 0 Å². The van der Waals surface area contributed by atoms with Crippen molar-refractivity contribution in [2.24, 2.45) is 4.99 Å². The van der Waals surface area contributed by atoms with Gasteiger partial charge in [0.1, 0.15) is 0 Å². The van der Waals surface area contributed by atoms with Crippen molar-refractivity contribution in [2.45, 2.75) is 80.5 Å². The highest BCUT2D eigenvalue weighted by molar-refractivity contribution is 7.86. The number of halogens is 1. The monoisotopic (exact) mass is 851 g/mol. The normalized spacial score (nSPS) is 16.6. The van der Waals surface area contributed by atoms with Crippen LogP contribution in [0.3, 0.4) is 0 Å². The lowest BCUT2D eigenvalue weighted by Crippen LogP contribution is -2.28. The molecule has 0 aliphatic carbocycles. The Kier molecular flexibility index (Phi) is 14.5. The van der Waals surface area contributed by atoms with Gasteiger partial charge in [0.2, 0.25) is 5.91 Å². The van der Waals surface area contributed by atoms with E-state index < -0.39 is 31.1 Å². The highest BCUT2D eigenvalue weighted by Crippen LogP contribution is 2.48. The van der Waals surface area contributed by atoms with Crippen molar-refractivity contribution in [1.29, 1.82) is 0 Å². The minimum Gasteiger partial charge on any atom is -0.373 e. The van der Waals surface area contributed by atoms with Crippen molar-refractivity contribution in [1.82, 2.24) is 10.6 Å². The molecule has 0 saturated carbocycles. The van der Waals surface area contributed by atoms with E-state index in [1.165, 1.54) is 29.8 Å². The molecule has 312 valence electrons. The summed E-state index contributed by atoms with van der Waals surface area (Å²) in [5, 5.41) is 6.45. The molecule has 1 amide bonds. The van der Waals surface area contributed by atoms with Gasteiger partial charge in [0.05, 0.1) is 21.2 Å². The maximum Gasteiger partial charge on any atom is 0.294 e. The molecule has 2 aliphatic heterocycles. The van der Waals surface area contributed by atoms with Crippen LogP contribution in [-0.4, -0.2) is 76.7 Å². The first-order chi connectivity index (χ1) is 27.3. The molecule has 0 spiro atoms. The van der Waals surface area contributed by atoms with Gasteiger partial charge in [0.15, 0.2) is 0 Å². The lowest BCUT2D eigenvalue weighted by atomic mass is 9.81. The van der Waals surface area contributed by atoms with Crippen LogP contribution in [0.2, 0.25) is 0 Å². The number of nitrogens with one attached hydrogen (secondary N) is 2. The van der Waals surface area contributed by atoms with E-state index in [9.17, 15) is 30.7 Å². The Morgan fingerprint density at radius 1 is 0.845 bits per heavy atom. The van der Waals surface area contributed by atoms with Gasteiger partial charge in [-0.2, -0.15) is 16.8 Å². The molecule has 15 heteroatoms. The summed E-state index contributed by atoms with van der Waals surface area (Å²) in [7, 11) is -6.74. The predicted molar refractivity (Wildman–Crippen MR) is 233 cm³/mol. The Bertz CT molecular complexity index is 2320. The van der Waals surface area contributed by atoms with Crippen LogP contribution in [0.5, 0.6) is 0 Å². The van der Waals surface area contributed by atoms with E-state index in [0.717, 1.165) is 54.4 Å².